The summed E-state index contributed by atoms with van der Waals surface area (Å²) in [6.45, 7) is 2.35. The molecule has 0 aliphatic carbocycles. The first kappa shape index (κ1) is 17.7. The molecule has 1 aromatic carbocycles. The lowest BCUT2D eigenvalue weighted by molar-refractivity contribution is -0.0435. The van der Waals surface area contributed by atoms with Gasteiger partial charge in [-0.05, 0) is 24.6 Å². The molecular formula is C14H16F4N2O2S. The van der Waals surface area contributed by atoms with E-state index in [1.165, 1.54) is 0 Å². The van der Waals surface area contributed by atoms with Crippen LogP contribution in [0.4, 0.5) is 23.2 Å². The number of nitrogens with one attached hydrogen (secondary N) is 1. The highest BCUT2D eigenvalue weighted by atomic mass is 32.2. The van der Waals surface area contributed by atoms with Crippen LogP contribution in [0.5, 0.6) is 0 Å². The fraction of sp³-hybridized carbons (Fsp3) is 0.429. The van der Waals surface area contributed by atoms with Gasteiger partial charge in [-0.15, -0.1) is 0 Å². The van der Waals surface area contributed by atoms with Crippen LogP contribution in [0.3, 0.4) is 0 Å². The molecule has 2 rings (SSSR count). The van der Waals surface area contributed by atoms with Crippen LogP contribution in [-0.2, 0) is 9.84 Å². The van der Waals surface area contributed by atoms with Crippen molar-refractivity contribution in [3.8, 4) is 0 Å². The third-order valence-corrected chi connectivity index (χ3v) is 4.95. The molecule has 1 aliphatic heterocycles. The number of hydrogen-bond acceptors (Lipinski definition) is 4. The van der Waals surface area contributed by atoms with Gasteiger partial charge in [-0.25, -0.2) is 12.8 Å². The molecule has 0 atom stereocenters. The highest BCUT2D eigenvalue weighted by molar-refractivity contribution is 7.92. The molecule has 23 heavy (non-hydrogen) atoms. The van der Waals surface area contributed by atoms with Gasteiger partial charge < -0.3 is 5.32 Å². The minimum absolute atomic E-state index is 0.250. The summed E-state index contributed by atoms with van der Waals surface area (Å²) in [6, 6.07) is 2.31. The lowest BCUT2D eigenvalue weighted by atomic mass is 10.2. The SMILES string of the molecule is O=S(=O)(c1cc(F)ccc1NCCN1CC=CCC1)C(F)(F)F. The van der Waals surface area contributed by atoms with Crippen molar-refractivity contribution < 1.29 is 26.0 Å². The van der Waals surface area contributed by atoms with Gasteiger partial charge in [-0.2, -0.15) is 13.2 Å². The maximum Gasteiger partial charge on any atom is 0.501 e. The molecule has 0 bridgehead atoms. The molecule has 128 valence electrons. The van der Waals surface area contributed by atoms with Crippen LogP contribution >= 0.6 is 0 Å². The quantitative estimate of drug-likeness (QED) is 0.654. The molecule has 1 N–H and O–H groups in total. The summed E-state index contributed by atoms with van der Waals surface area (Å²) in [4.78, 5) is 0.970. The Kier molecular flexibility index (Phi) is 5.30. The van der Waals surface area contributed by atoms with Crippen molar-refractivity contribution in [1.29, 1.82) is 0 Å². The number of alkyl halides is 3. The summed E-state index contributed by atoms with van der Waals surface area (Å²) in [5.74, 6) is -1.04. The molecule has 1 aromatic rings. The zero-order chi connectivity index (χ0) is 17.1. The molecule has 0 saturated heterocycles. The van der Waals surface area contributed by atoms with E-state index in [0.717, 1.165) is 31.6 Å². The van der Waals surface area contributed by atoms with Crippen LogP contribution < -0.4 is 5.32 Å². The molecule has 0 amide bonds. The van der Waals surface area contributed by atoms with Gasteiger partial charge in [0.15, 0.2) is 0 Å². The molecule has 0 radical (unpaired) electrons. The van der Waals surface area contributed by atoms with Gasteiger partial charge >= 0.3 is 5.51 Å². The van der Waals surface area contributed by atoms with E-state index < -0.39 is 26.1 Å². The maximum atomic E-state index is 13.2. The average Bonchev–Trinajstić information content (AvgIpc) is 2.48. The smallest absolute Gasteiger partial charge is 0.383 e. The van der Waals surface area contributed by atoms with Crippen molar-refractivity contribution in [2.24, 2.45) is 0 Å². The Labute approximate surface area is 131 Å². The van der Waals surface area contributed by atoms with Gasteiger partial charge in [0.1, 0.15) is 10.7 Å². The summed E-state index contributed by atoms with van der Waals surface area (Å²) >= 11 is 0. The molecule has 0 saturated carbocycles. The van der Waals surface area contributed by atoms with Gasteiger partial charge in [0.2, 0.25) is 0 Å². The number of halogens is 4. The van der Waals surface area contributed by atoms with Gasteiger partial charge in [0.25, 0.3) is 9.84 Å². The second-order valence-electron chi connectivity index (χ2n) is 5.08. The lowest BCUT2D eigenvalue weighted by Crippen LogP contribution is -2.32. The highest BCUT2D eigenvalue weighted by Gasteiger charge is 2.48. The van der Waals surface area contributed by atoms with Crippen molar-refractivity contribution in [1.82, 2.24) is 4.90 Å². The molecule has 0 fully saturated rings. The topological polar surface area (TPSA) is 49.4 Å². The number of anilines is 1. The molecular weight excluding hydrogens is 336 g/mol. The molecule has 1 heterocycles. The van der Waals surface area contributed by atoms with Crippen molar-refractivity contribution in [2.75, 3.05) is 31.5 Å². The van der Waals surface area contributed by atoms with Crippen LogP contribution in [0.25, 0.3) is 0 Å². The van der Waals surface area contributed by atoms with Crippen molar-refractivity contribution >= 4 is 15.5 Å². The first-order valence-electron chi connectivity index (χ1n) is 6.94. The summed E-state index contributed by atoms with van der Waals surface area (Å²) in [7, 11) is -5.61. The van der Waals surface area contributed by atoms with Gasteiger partial charge in [-0.3, -0.25) is 4.90 Å². The van der Waals surface area contributed by atoms with E-state index in [2.05, 4.69) is 10.2 Å². The second kappa shape index (κ2) is 6.88. The summed E-state index contributed by atoms with van der Waals surface area (Å²) < 4.78 is 74.4. The van der Waals surface area contributed by atoms with E-state index in [1.807, 2.05) is 12.2 Å². The Bertz CT molecular complexity index is 687. The molecule has 9 heteroatoms. The number of benzene rings is 1. The molecule has 0 spiro atoms. The summed E-state index contributed by atoms with van der Waals surface area (Å²) in [5, 5.41) is 2.65. The standard InChI is InChI=1S/C14H16F4N2O2S/c15-11-4-5-12(13(10-11)23(21,22)14(16,17)18)19-6-9-20-7-2-1-3-8-20/h1-2,4-5,10,19H,3,6-9H2. The van der Waals surface area contributed by atoms with Crippen molar-refractivity contribution in [3.63, 3.8) is 0 Å². The van der Waals surface area contributed by atoms with Gasteiger partial charge in [0, 0.05) is 26.2 Å². The largest absolute Gasteiger partial charge is 0.501 e. The zero-order valence-electron chi connectivity index (χ0n) is 12.1. The Morgan fingerprint density at radius 3 is 2.57 bits per heavy atom. The van der Waals surface area contributed by atoms with E-state index in [4.69, 9.17) is 0 Å². The Balaban J connectivity index is 2.14. The van der Waals surface area contributed by atoms with Crippen molar-refractivity contribution in [3.05, 3.63) is 36.2 Å². The number of rotatable bonds is 5. The average molecular weight is 352 g/mol. The van der Waals surface area contributed by atoms with E-state index in [-0.39, 0.29) is 12.2 Å². The first-order chi connectivity index (χ1) is 10.7. The maximum absolute atomic E-state index is 13.2. The van der Waals surface area contributed by atoms with E-state index >= 15 is 0 Å². The fourth-order valence-corrected chi connectivity index (χ4v) is 3.18. The van der Waals surface area contributed by atoms with Crippen LogP contribution in [0, 0.1) is 5.82 Å². The van der Waals surface area contributed by atoms with Crippen LogP contribution in [0.1, 0.15) is 6.42 Å². The minimum atomic E-state index is -5.61. The normalized spacial score (nSPS) is 16.5. The molecule has 0 aromatic heterocycles. The molecule has 1 aliphatic rings. The number of nitrogens with zero attached hydrogens (tertiary/aromatic N) is 1. The Morgan fingerprint density at radius 2 is 1.96 bits per heavy atom. The monoisotopic (exact) mass is 352 g/mol. The molecule has 4 nitrogen and oxygen atoms in total. The summed E-state index contributed by atoms with van der Waals surface area (Å²) in [5.41, 5.74) is -5.73. The lowest BCUT2D eigenvalue weighted by Gasteiger charge is -2.23. The van der Waals surface area contributed by atoms with E-state index in [9.17, 15) is 26.0 Å². The number of sulfone groups is 1. The highest BCUT2D eigenvalue weighted by Crippen LogP contribution is 2.34. The molecule has 0 unspecified atom stereocenters. The van der Waals surface area contributed by atoms with Crippen LogP contribution in [0.2, 0.25) is 0 Å². The number of hydrogen-bond donors (Lipinski definition) is 1. The zero-order valence-corrected chi connectivity index (χ0v) is 12.9. The summed E-state index contributed by atoms with van der Waals surface area (Å²) in [6.07, 6.45) is 4.92. The van der Waals surface area contributed by atoms with Crippen molar-refractivity contribution in [2.45, 2.75) is 16.8 Å². The van der Waals surface area contributed by atoms with Crippen LogP contribution in [0.15, 0.2) is 35.2 Å². The van der Waals surface area contributed by atoms with E-state index in [1.54, 1.807) is 0 Å². The minimum Gasteiger partial charge on any atom is -0.383 e. The van der Waals surface area contributed by atoms with Gasteiger partial charge in [0.05, 0.1) is 5.69 Å². The second-order valence-corrected chi connectivity index (χ2v) is 6.99. The first-order valence-corrected chi connectivity index (χ1v) is 8.42. The fourth-order valence-electron chi connectivity index (χ4n) is 2.23. The predicted molar refractivity (Wildman–Crippen MR) is 78.3 cm³/mol. The van der Waals surface area contributed by atoms with Crippen LogP contribution in [-0.4, -0.2) is 45.0 Å². The van der Waals surface area contributed by atoms with E-state index in [0.29, 0.717) is 12.6 Å². The van der Waals surface area contributed by atoms with Gasteiger partial charge in [-0.1, -0.05) is 12.2 Å². The Morgan fingerprint density at radius 1 is 1.22 bits per heavy atom. The Hall–Kier alpha value is -1.61. The third-order valence-electron chi connectivity index (χ3n) is 3.42. The predicted octanol–water partition coefficient (Wildman–Crippen LogP) is 2.79. The third kappa shape index (κ3) is 4.23.